The molecule has 0 amide bonds. The Labute approximate surface area is 183 Å². The monoisotopic (exact) mass is 470 g/mol. The zero-order valence-corrected chi connectivity index (χ0v) is 17.7. The number of nitrogens with zero attached hydrogens (tertiary/aromatic N) is 2. The minimum absolute atomic E-state index is 0.132. The number of hydrogen-bond donors (Lipinski definition) is 1. The van der Waals surface area contributed by atoms with Crippen molar-refractivity contribution in [2.24, 2.45) is 5.92 Å². The number of carbonyl (C=O) groups is 1. The number of carboxylic acids is 1. The second kappa shape index (κ2) is 8.28. The average Bonchev–Trinajstić information content (AvgIpc) is 3.17. The normalized spacial score (nSPS) is 19.6. The molecule has 1 fully saturated rings. The Kier molecular flexibility index (Phi) is 5.80. The van der Waals surface area contributed by atoms with Crippen LogP contribution in [0.1, 0.15) is 11.1 Å². The van der Waals surface area contributed by atoms with Crippen molar-refractivity contribution in [3.8, 4) is 5.75 Å². The smallest absolute Gasteiger partial charge is 0.481 e. The van der Waals surface area contributed by atoms with Gasteiger partial charge in [-0.25, -0.2) is 8.42 Å². The molecule has 1 aliphatic carbocycles. The van der Waals surface area contributed by atoms with Gasteiger partial charge in [-0.3, -0.25) is 4.79 Å². The summed E-state index contributed by atoms with van der Waals surface area (Å²) >= 11 is 0. The highest BCUT2D eigenvalue weighted by Gasteiger charge is 2.36. The lowest BCUT2D eigenvalue weighted by Gasteiger charge is -2.35. The molecule has 1 heterocycles. The van der Waals surface area contributed by atoms with E-state index >= 15 is 0 Å². The van der Waals surface area contributed by atoms with Crippen molar-refractivity contribution in [3.63, 3.8) is 0 Å². The molecule has 1 unspecified atom stereocenters. The molecule has 1 aliphatic heterocycles. The molecule has 1 atom stereocenters. The predicted octanol–water partition coefficient (Wildman–Crippen LogP) is 2.90. The third kappa shape index (κ3) is 4.53. The summed E-state index contributed by atoms with van der Waals surface area (Å²) in [6.07, 6.45) is -4.31. The third-order valence-corrected chi connectivity index (χ3v) is 7.75. The molecule has 2 aromatic carbocycles. The third-order valence-electron chi connectivity index (χ3n) is 5.77. The van der Waals surface area contributed by atoms with Gasteiger partial charge in [-0.05, 0) is 42.2 Å². The van der Waals surface area contributed by atoms with Crippen LogP contribution in [0.2, 0.25) is 0 Å². The molecule has 32 heavy (non-hydrogen) atoms. The van der Waals surface area contributed by atoms with Crippen molar-refractivity contribution in [1.82, 2.24) is 4.31 Å². The number of alkyl halides is 3. The summed E-state index contributed by atoms with van der Waals surface area (Å²) in [4.78, 5) is 13.3. The van der Waals surface area contributed by atoms with Crippen molar-refractivity contribution in [2.75, 3.05) is 31.1 Å². The lowest BCUT2D eigenvalue weighted by Crippen LogP contribution is -2.48. The molecule has 0 radical (unpaired) electrons. The number of piperazine rings is 1. The Morgan fingerprint density at radius 1 is 1.03 bits per heavy atom. The number of sulfonamides is 1. The van der Waals surface area contributed by atoms with Crippen LogP contribution in [0.4, 0.5) is 18.9 Å². The highest BCUT2D eigenvalue weighted by molar-refractivity contribution is 7.89. The average molecular weight is 470 g/mol. The predicted molar refractivity (Wildman–Crippen MR) is 109 cm³/mol. The molecule has 0 saturated carbocycles. The summed E-state index contributed by atoms with van der Waals surface area (Å²) in [7, 11) is -3.83. The lowest BCUT2D eigenvalue weighted by molar-refractivity contribution is -0.274. The summed E-state index contributed by atoms with van der Waals surface area (Å²) in [6.45, 7) is 0.889. The number of halogens is 3. The van der Waals surface area contributed by atoms with Gasteiger partial charge in [0.1, 0.15) is 5.75 Å². The van der Waals surface area contributed by atoms with Crippen LogP contribution in [0.3, 0.4) is 0 Å². The number of anilines is 1. The lowest BCUT2D eigenvalue weighted by atomic mass is 10.1. The van der Waals surface area contributed by atoms with E-state index in [4.69, 9.17) is 0 Å². The molecule has 1 saturated heterocycles. The second-order valence-corrected chi connectivity index (χ2v) is 9.68. The SMILES string of the molecule is O=C(O)C1Cc2cccc(S(=O)(=O)N3CCN(c4cccc(OC(F)(F)F)c4)CC3)c2C1. The van der Waals surface area contributed by atoms with Crippen molar-refractivity contribution in [3.05, 3.63) is 53.6 Å². The summed E-state index contributed by atoms with van der Waals surface area (Å²) in [5, 5.41) is 9.31. The van der Waals surface area contributed by atoms with Crippen LogP contribution in [0, 0.1) is 5.92 Å². The van der Waals surface area contributed by atoms with E-state index in [-0.39, 0.29) is 30.2 Å². The number of ether oxygens (including phenoxy) is 1. The largest absolute Gasteiger partial charge is 0.573 e. The van der Waals surface area contributed by atoms with Crippen LogP contribution < -0.4 is 9.64 Å². The van der Waals surface area contributed by atoms with Gasteiger partial charge in [0.2, 0.25) is 10.0 Å². The molecule has 4 rings (SSSR count). The van der Waals surface area contributed by atoms with Crippen LogP contribution in [-0.2, 0) is 27.7 Å². The zero-order valence-electron chi connectivity index (χ0n) is 16.9. The maximum absolute atomic E-state index is 13.3. The van der Waals surface area contributed by atoms with E-state index in [1.165, 1.54) is 28.6 Å². The Hall–Kier alpha value is -2.79. The first-order chi connectivity index (χ1) is 15.0. The highest BCUT2D eigenvalue weighted by atomic mass is 32.2. The Morgan fingerprint density at radius 2 is 1.72 bits per heavy atom. The molecule has 11 heteroatoms. The number of aliphatic carboxylic acids is 1. The van der Waals surface area contributed by atoms with Crippen LogP contribution in [0.5, 0.6) is 5.75 Å². The van der Waals surface area contributed by atoms with Crippen LogP contribution >= 0.6 is 0 Å². The molecule has 0 aromatic heterocycles. The van der Waals surface area contributed by atoms with Crippen LogP contribution in [0.15, 0.2) is 47.4 Å². The minimum Gasteiger partial charge on any atom is -0.481 e. The molecular weight excluding hydrogens is 449 g/mol. The quantitative estimate of drug-likeness (QED) is 0.723. The van der Waals surface area contributed by atoms with E-state index in [1.807, 2.05) is 0 Å². The van der Waals surface area contributed by atoms with Gasteiger partial charge in [0, 0.05) is 37.9 Å². The van der Waals surface area contributed by atoms with E-state index < -0.39 is 28.3 Å². The standard InChI is InChI=1S/C21H21F3N2O5S/c22-21(23,24)31-17-5-2-4-16(13-17)25-7-9-26(10-8-25)32(29,30)19-6-1-3-14-11-15(20(27)28)12-18(14)19/h1-6,13,15H,7-12H2,(H,27,28). The first-order valence-corrected chi connectivity index (χ1v) is 11.4. The Bertz CT molecular complexity index is 1130. The Balaban J connectivity index is 1.48. The van der Waals surface area contributed by atoms with Crippen molar-refractivity contribution >= 4 is 21.7 Å². The molecule has 0 bridgehead atoms. The van der Waals surface area contributed by atoms with E-state index in [9.17, 15) is 31.5 Å². The first kappa shape index (κ1) is 22.4. The fourth-order valence-electron chi connectivity index (χ4n) is 4.24. The molecule has 1 N–H and O–H groups in total. The molecular formula is C21H21F3N2O5S. The zero-order chi connectivity index (χ0) is 23.1. The van der Waals surface area contributed by atoms with Gasteiger partial charge in [0.25, 0.3) is 0 Å². The minimum atomic E-state index is -4.79. The van der Waals surface area contributed by atoms with E-state index in [1.54, 1.807) is 23.1 Å². The van der Waals surface area contributed by atoms with Gasteiger partial charge in [0.05, 0.1) is 10.8 Å². The van der Waals surface area contributed by atoms with Crippen molar-refractivity contribution in [2.45, 2.75) is 24.1 Å². The summed E-state index contributed by atoms with van der Waals surface area (Å²) in [6, 6.07) is 10.5. The summed E-state index contributed by atoms with van der Waals surface area (Å²) in [5.41, 5.74) is 1.80. The number of fused-ring (bicyclic) bond motifs is 1. The van der Waals surface area contributed by atoms with Crippen LogP contribution in [-0.4, -0.2) is 56.3 Å². The fourth-order valence-corrected chi connectivity index (χ4v) is 5.94. The topological polar surface area (TPSA) is 87.1 Å². The van der Waals surface area contributed by atoms with E-state index in [0.29, 0.717) is 30.8 Å². The number of hydrogen-bond acceptors (Lipinski definition) is 5. The van der Waals surface area contributed by atoms with Crippen LogP contribution in [0.25, 0.3) is 0 Å². The number of carboxylic acid groups (broad SMARTS) is 1. The van der Waals surface area contributed by atoms with E-state index in [2.05, 4.69) is 4.74 Å². The molecule has 172 valence electrons. The number of rotatable bonds is 5. The molecule has 2 aliphatic rings. The van der Waals surface area contributed by atoms with Gasteiger partial charge < -0.3 is 14.7 Å². The molecule has 7 nitrogen and oxygen atoms in total. The van der Waals surface area contributed by atoms with E-state index in [0.717, 1.165) is 5.56 Å². The molecule has 0 spiro atoms. The maximum Gasteiger partial charge on any atom is 0.573 e. The van der Waals surface area contributed by atoms with Crippen molar-refractivity contribution < 1.29 is 36.2 Å². The van der Waals surface area contributed by atoms with Gasteiger partial charge >= 0.3 is 12.3 Å². The number of benzene rings is 2. The van der Waals surface area contributed by atoms with Crippen molar-refractivity contribution in [1.29, 1.82) is 0 Å². The second-order valence-electron chi connectivity index (χ2n) is 7.77. The van der Waals surface area contributed by atoms with Gasteiger partial charge in [-0.2, -0.15) is 4.31 Å². The molecule has 2 aromatic rings. The van der Waals surface area contributed by atoms with Gasteiger partial charge in [0.15, 0.2) is 0 Å². The first-order valence-electron chi connectivity index (χ1n) is 9.99. The maximum atomic E-state index is 13.3. The fraction of sp³-hybridized carbons (Fsp3) is 0.381. The highest BCUT2D eigenvalue weighted by Crippen LogP contribution is 2.34. The Morgan fingerprint density at radius 3 is 2.38 bits per heavy atom. The summed E-state index contributed by atoms with van der Waals surface area (Å²) in [5.74, 6) is -1.92. The van der Waals surface area contributed by atoms with Gasteiger partial charge in [-0.15, -0.1) is 13.2 Å². The van der Waals surface area contributed by atoms with Gasteiger partial charge in [-0.1, -0.05) is 18.2 Å². The summed E-state index contributed by atoms with van der Waals surface area (Å²) < 4.78 is 69.3.